The SMILES string of the molecule is COC(C)(CNC(=O)c1cc(-c2ccco2)on1)c1ccccc1F. The predicted molar refractivity (Wildman–Crippen MR) is 87.3 cm³/mol. The van der Waals surface area contributed by atoms with Crippen LogP contribution >= 0.6 is 0 Å². The van der Waals surface area contributed by atoms with Crippen molar-refractivity contribution < 1.29 is 22.9 Å². The number of benzene rings is 1. The lowest BCUT2D eigenvalue weighted by Crippen LogP contribution is -2.40. The highest BCUT2D eigenvalue weighted by molar-refractivity contribution is 5.93. The molecule has 0 saturated carbocycles. The van der Waals surface area contributed by atoms with Gasteiger partial charge in [-0.05, 0) is 25.1 Å². The van der Waals surface area contributed by atoms with E-state index in [1.807, 2.05) is 0 Å². The predicted octanol–water partition coefficient (Wildman–Crippen LogP) is 3.37. The number of nitrogens with one attached hydrogen (secondary N) is 1. The van der Waals surface area contributed by atoms with Crippen molar-refractivity contribution in [2.45, 2.75) is 12.5 Å². The second-order valence-electron chi connectivity index (χ2n) is 5.65. The molecule has 1 N–H and O–H groups in total. The van der Waals surface area contributed by atoms with Crippen LogP contribution < -0.4 is 5.32 Å². The van der Waals surface area contributed by atoms with Gasteiger partial charge < -0.3 is 19.0 Å². The van der Waals surface area contributed by atoms with E-state index in [4.69, 9.17) is 13.7 Å². The quantitative estimate of drug-likeness (QED) is 0.742. The lowest BCUT2D eigenvalue weighted by molar-refractivity contribution is 0.000321. The van der Waals surface area contributed by atoms with Crippen molar-refractivity contribution in [2.75, 3.05) is 13.7 Å². The average Bonchev–Trinajstić information content (AvgIpc) is 3.30. The zero-order valence-electron chi connectivity index (χ0n) is 13.8. The summed E-state index contributed by atoms with van der Waals surface area (Å²) >= 11 is 0. The molecular weight excluding hydrogens is 327 g/mol. The Hall–Kier alpha value is -2.93. The summed E-state index contributed by atoms with van der Waals surface area (Å²) in [5, 5.41) is 6.42. The fourth-order valence-electron chi connectivity index (χ4n) is 2.42. The van der Waals surface area contributed by atoms with Gasteiger partial charge in [-0.15, -0.1) is 0 Å². The first-order valence-corrected chi connectivity index (χ1v) is 7.62. The second-order valence-corrected chi connectivity index (χ2v) is 5.65. The highest BCUT2D eigenvalue weighted by atomic mass is 19.1. The van der Waals surface area contributed by atoms with Crippen molar-refractivity contribution >= 4 is 5.91 Å². The van der Waals surface area contributed by atoms with Gasteiger partial charge in [-0.1, -0.05) is 23.4 Å². The molecule has 2 heterocycles. The molecule has 0 aliphatic rings. The van der Waals surface area contributed by atoms with E-state index in [0.29, 0.717) is 17.1 Å². The van der Waals surface area contributed by atoms with E-state index in [0.717, 1.165) is 0 Å². The monoisotopic (exact) mass is 344 g/mol. The summed E-state index contributed by atoms with van der Waals surface area (Å²) in [7, 11) is 1.46. The highest BCUT2D eigenvalue weighted by Crippen LogP contribution is 2.26. The Labute approximate surface area is 143 Å². The normalized spacial score (nSPS) is 13.4. The van der Waals surface area contributed by atoms with Crippen LogP contribution in [0.3, 0.4) is 0 Å². The van der Waals surface area contributed by atoms with E-state index < -0.39 is 17.3 Å². The fraction of sp³-hybridized carbons (Fsp3) is 0.222. The molecule has 1 atom stereocenters. The largest absolute Gasteiger partial charge is 0.461 e. The van der Waals surface area contributed by atoms with Crippen LogP contribution in [0.25, 0.3) is 11.5 Å². The molecule has 0 saturated heterocycles. The van der Waals surface area contributed by atoms with E-state index in [2.05, 4.69) is 10.5 Å². The van der Waals surface area contributed by atoms with Crippen LogP contribution in [0, 0.1) is 5.82 Å². The summed E-state index contributed by atoms with van der Waals surface area (Å²) in [5.41, 5.74) is -0.568. The van der Waals surface area contributed by atoms with Crippen molar-refractivity contribution in [1.82, 2.24) is 10.5 Å². The first-order chi connectivity index (χ1) is 12.0. The molecule has 2 aromatic heterocycles. The molecule has 1 unspecified atom stereocenters. The van der Waals surface area contributed by atoms with Gasteiger partial charge in [-0.2, -0.15) is 0 Å². The average molecular weight is 344 g/mol. The number of furan rings is 1. The van der Waals surface area contributed by atoms with Crippen LogP contribution in [-0.2, 0) is 10.3 Å². The first kappa shape index (κ1) is 16.9. The van der Waals surface area contributed by atoms with Gasteiger partial charge in [0.2, 0.25) is 5.76 Å². The lowest BCUT2D eigenvalue weighted by atomic mass is 9.95. The minimum atomic E-state index is -1.02. The molecule has 0 aliphatic heterocycles. The van der Waals surface area contributed by atoms with Gasteiger partial charge in [0, 0.05) is 18.7 Å². The van der Waals surface area contributed by atoms with Gasteiger partial charge in [-0.25, -0.2) is 4.39 Å². The molecule has 0 fully saturated rings. The number of hydrogen-bond donors (Lipinski definition) is 1. The van der Waals surface area contributed by atoms with Crippen LogP contribution in [0.4, 0.5) is 4.39 Å². The Balaban J connectivity index is 1.72. The number of amides is 1. The topological polar surface area (TPSA) is 77.5 Å². The summed E-state index contributed by atoms with van der Waals surface area (Å²) in [6.45, 7) is 1.76. The molecule has 1 aromatic carbocycles. The Morgan fingerprint density at radius 3 is 2.76 bits per heavy atom. The van der Waals surface area contributed by atoms with Crippen LogP contribution in [0.1, 0.15) is 23.0 Å². The zero-order chi connectivity index (χ0) is 17.9. The third-order valence-corrected chi connectivity index (χ3v) is 3.99. The fourth-order valence-corrected chi connectivity index (χ4v) is 2.42. The zero-order valence-corrected chi connectivity index (χ0v) is 13.8. The Morgan fingerprint density at radius 1 is 1.28 bits per heavy atom. The summed E-state index contributed by atoms with van der Waals surface area (Å²) in [4.78, 5) is 12.3. The molecule has 3 aromatic rings. The van der Waals surface area contributed by atoms with Crippen molar-refractivity contribution in [3.8, 4) is 11.5 Å². The maximum absolute atomic E-state index is 14.0. The van der Waals surface area contributed by atoms with Crippen molar-refractivity contribution in [1.29, 1.82) is 0 Å². The molecule has 0 aliphatic carbocycles. The third-order valence-electron chi connectivity index (χ3n) is 3.99. The van der Waals surface area contributed by atoms with Crippen molar-refractivity contribution in [2.24, 2.45) is 0 Å². The highest BCUT2D eigenvalue weighted by Gasteiger charge is 2.30. The summed E-state index contributed by atoms with van der Waals surface area (Å²) in [6.07, 6.45) is 1.50. The molecule has 130 valence electrons. The van der Waals surface area contributed by atoms with Gasteiger partial charge in [0.25, 0.3) is 5.91 Å². The van der Waals surface area contributed by atoms with Crippen LogP contribution in [0.15, 0.2) is 57.7 Å². The third kappa shape index (κ3) is 3.46. The number of nitrogens with zero attached hydrogens (tertiary/aromatic N) is 1. The smallest absolute Gasteiger partial charge is 0.273 e. The van der Waals surface area contributed by atoms with Crippen LogP contribution in [-0.4, -0.2) is 24.7 Å². The number of carbonyl (C=O) groups is 1. The molecule has 0 bridgehead atoms. The van der Waals surface area contributed by atoms with E-state index in [1.165, 1.54) is 25.5 Å². The maximum Gasteiger partial charge on any atom is 0.273 e. The van der Waals surface area contributed by atoms with Gasteiger partial charge in [-0.3, -0.25) is 4.79 Å². The molecular formula is C18H17FN2O4. The number of hydrogen-bond acceptors (Lipinski definition) is 5. The van der Waals surface area contributed by atoms with Crippen LogP contribution in [0.2, 0.25) is 0 Å². The molecule has 0 spiro atoms. The minimum Gasteiger partial charge on any atom is -0.461 e. The Bertz CT molecular complexity index is 860. The van der Waals surface area contributed by atoms with Crippen molar-refractivity contribution in [3.63, 3.8) is 0 Å². The second kappa shape index (κ2) is 6.90. The maximum atomic E-state index is 14.0. The number of carbonyl (C=O) groups excluding carboxylic acids is 1. The number of halogens is 1. The Kier molecular flexibility index (Phi) is 4.67. The van der Waals surface area contributed by atoms with E-state index in [1.54, 1.807) is 37.3 Å². The molecule has 3 rings (SSSR count). The van der Waals surface area contributed by atoms with Crippen molar-refractivity contribution in [3.05, 3.63) is 65.8 Å². The molecule has 0 radical (unpaired) electrons. The minimum absolute atomic E-state index is 0.0617. The molecule has 7 heteroatoms. The van der Waals surface area contributed by atoms with E-state index in [-0.39, 0.29) is 12.2 Å². The van der Waals surface area contributed by atoms with Gasteiger partial charge in [0.15, 0.2) is 11.5 Å². The standard InChI is InChI=1S/C18H17FN2O4/c1-18(23-2,12-6-3-4-7-13(12)19)11-20-17(22)14-10-16(25-21-14)15-8-5-9-24-15/h3-10H,11H2,1-2H3,(H,20,22). The molecule has 6 nitrogen and oxygen atoms in total. The summed E-state index contributed by atoms with van der Waals surface area (Å²) in [5.74, 6) is -0.0396. The van der Waals surface area contributed by atoms with E-state index in [9.17, 15) is 9.18 Å². The Morgan fingerprint density at radius 2 is 2.08 bits per heavy atom. The van der Waals surface area contributed by atoms with Gasteiger partial charge >= 0.3 is 0 Å². The molecule has 25 heavy (non-hydrogen) atoms. The first-order valence-electron chi connectivity index (χ1n) is 7.62. The number of ether oxygens (including phenoxy) is 1. The van der Waals surface area contributed by atoms with Crippen LogP contribution in [0.5, 0.6) is 0 Å². The van der Waals surface area contributed by atoms with Gasteiger partial charge in [0.1, 0.15) is 11.4 Å². The lowest BCUT2D eigenvalue weighted by Gasteiger charge is -2.29. The molecule has 1 amide bonds. The summed E-state index contributed by atoms with van der Waals surface area (Å²) < 4.78 is 29.8. The van der Waals surface area contributed by atoms with E-state index >= 15 is 0 Å². The number of aromatic nitrogens is 1. The van der Waals surface area contributed by atoms with Gasteiger partial charge in [0.05, 0.1) is 12.8 Å². The number of methoxy groups -OCH3 is 1. The number of rotatable bonds is 6. The summed E-state index contributed by atoms with van der Waals surface area (Å²) in [6, 6.07) is 11.2.